The fourth-order valence-electron chi connectivity index (χ4n) is 2.76. The molecule has 1 amide bonds. The lowest BCUT2D eigenvalue weighted by molar-refractivity contribution is 0.0497. The summed E-state index contributed by atoms with van der Waals surface area (Å²) in [7, 11) is 0. The number of halogens is 1. The van der Waals surface area contributed by atoms with Crippen LogP contribution in [0.2, 0.25) is 0 Å². The number of amides is 1. The highest BCUT2D eigenvalue weighted by Gasteiger charge is 2.24. The molecule has 1 aliphatic rings. The number of rotatable bonds is 3. The summed E-state index contributed by atoms with van der Waals surface area (Å²) >= 11 is 4.86. The Balaban J connectivity index is 1.96. The van der Waals surface area contributed by atoms with E-state index < -0.39 is 11.7 Å². The third kappa shape index (κ3) is 6.04. The highest BCUT2D eigenvalue weighted by Crippen LogP contribution is 2.29. The maximum Gasteiger partial charge on any atom is 0.407 e. The zero-order chi connectivity index (χ0) is 18.6. The first kappa shape index (κ1) is 19.2. The number of piperidine rings is 1. The summed E-state index contributed by atoms with van der Waals surface area (Å²) in [5, 5.41) is 5.81. The number of hydrogen-bond donors (Lipinski definition) is 3. The van der Waals surface area contributed by atoms with Crippen molar-refractivity contribution in [3.05, 3.63) is 24.0 Å². The van der Waals surface area contributed by atoms with Gasteiger partial charge in [0.25, 0.3) is 0 Å². The molecular weight excluding hydrogens is 343 g/mol. The lowest BCUT2D eigenvalue weighted by Crippen LogP contribution is -2.46. The van der Waals surface area contributed by atoms with Crippen molar-refractivity contribution in [1.29, 1.82) is 0 Å². The molecule has 0 atom stereocenters. The Morgan fingerprint density at radius 1 is 1.36 bits per heavy atom. The zero-order valence-electron chi connectivity index (χ0n) is 14.8. The maximum atomic E-state index is 13.5. The second-order valence-electron chi connectivity index (χ2n) is 7.06. The number of nitrogens with one attached hydrogen (secondary N) is 2. The lowest BCUT2D eigenvalue weighted by Gasteiger charge is -2.35. The second kappa shape index (κ2) is 7.86. The number of carbonyl (C=O) groups is 1. The van der Waals surface area contributed by atoms with E-state index in [9.17, 15) is 9.18 Å². The average molecular weight is 368 g/mol. The van der Waals surface area contributed by atoms with E-state index in [1.165, 1.54) is 12.1 Å². The van der Waals surface area contributed by atoms with Crippen LogP contribution < -0.4 is 21.3 Å². The van der Waals surface area contributed by atoms with Crippen molar-refractivity contribution in [1.82, 2.24) is 5.32 Å². The van der Waals surface area contributed by atoms with E-state index >= 15 is 0 Å². The van der Waals surface area contributed by atoms with Crippen molar-refractivity contribution in [2.24, 2.45) is 5.73 Å². The molecule has 1 aliphatic heterocycles. The number of benzene rings is 1. The molecule has 0 aliphatic carbocycles. The van der Waals surface area contributed by atoms with Crippen LogP contribution in [0.25, 0.3) is 0 Å². The first-order chi connectivity index (χ1) is 11.6. The fourth-order valence-corrected chi connectivity index (χ4v) is 2.87. The van der Waals surface area contributed by atoms with E-state index in [4.69, 9.17) is 22.7 Å². The molecule has 1 heterocycles. The molecule has 6 nitrogen and oxygen atoms in total. The molecule has 0 unspecified atom stereocenters. The van der Waals surface area contributed by atoms with Crippen molar-refractivity contribution in [3.63, 3.8) is 0 Å². The minimum absolute atomic E-state index is 0.0542. The number of anilines is 2. The summed E-state index contributed by atoms with van der Waals surface area (Å²) in [6, 6.07) is 4.54. The van der Waals surface area contributed by atoms with E-state index in [-0.39, 0.29) is 17.0 Å². The van der Waals surface area contributed by atoms with Crippen molar-refractivity contribution in [3.8, 4) is 0 Å². The molecule has 1 aromatic rings. The van der Waals surface area contributed by atoms with Gasteiger partial charge in [0.2, 0.25) is 0 Å². The molecule has 1 saturated heterocycles. The number of nitrogens with zero attached hydrogens (tertiary/aromatic N) is 1. The Morgan fingerprint density at radius 2 is 2.00 bits per heavy atom. The molecule has 0 bridgehead atoms. The Bertz CT molecular complexity index is 640. The van der Waals surface area contributed by atoms with Crippen LogP contribution in [0.5, 0.6) is 0 Å². The van der Waals surface area contributed by atoms with Gasteiger partial charge in [0.05, 0.1) is 11.4 Å². The third-order valence-corrected chi connectivity index (χ3v) is 3.88. The van der Waals surface area contributed by atoms with E-state index in [0.29, 0.717) is 5.69 Å². The molecule has 0 saturated carbocycles. The first-order valence-corrected chi connectivity index (χ1v) is 8.65. The molecule has 1 fully saturated rings. The molecule has 8 heteroatoms. The highest BCUT2D eigenvalue weighted by atomic mass is 32.1. The molecule has 0 spiro atoms. The van der Waals surface area contributed by atoms with Gasteiger partial charge in [0, 0.05) is 19.1 Å². The third-order valence-electron chi connectivity index (χ3n) is 3.77. The highest BCUT2D eigenvalue weighted by molar-refractivity contribution is 7.80. The second-order valence-corrected chi connectivity index (χ2v) is 7.50. The smallest absolute Gasteiger partial charge is 0.407 e. The predicted molar refractivity (Wildman–Crippen MR) is 101 cm³/mol. The standard InChI is InChI=1S/C17H25FN4O2S/c1-17(2,3)24-16(23)20-12-6-8-22(9-7-12)14-5-4-11(18)10-13(14)21-15(19)25/h4-5,10,12H,6-9H2,1-3H3,(H,20,23)(H3,19,21,25). The van der Waals surface area contributed by atoms with Gasteiger partial charge in [0.1, 0.15) is 11.4 Å². The molecule has 138 valence electrons. The van der Waals surface area contributed by atoms with Crippen LogP contribution in [0, 0.1) is 5.82 Å². The van der Waals surface area contributed by atoms with Crippen LogP contribution in [0.3, 0.4) is 0 Å². The Labute approximate surface area is 152 Å². The van der Waals surface area contributed by atoms with Gasteiger partial charge >= 0.3 is 6.09 Å². The van der Waals surface area contributed by atoms with Crippen molar-refractivity contribution < 1.29 is 13.9 Å². The quantitative estimate of drug-likeness (QED) is 0.712. The molecule has 0 aromatic heterocycles. The van der Waals surface area contributed by atoms with E-state index in [2.05, 4.69) is 15.5 Å². The summed E-state index contributed by atoms with van der Waals surface area (Å²) in [5.41, 5.74) is 6.39. The van der Waals surface area contributed by atoms with Gasteiger partial charge in [-0.1, -0.05) is 0 Å². The van der Waals surface area contributed by atoms with Crippen LogP contribution in [0.15, 0.2) is 18.2 Å². The maximum absolute atomic E-state index is 13.5. The molecule has 25 heavy (non-hydrogen) atoms. The number of thiocarbonyl (C=S) groups is 1. The Morgan fingerprint density at radius 3 is 2.56 bits per heavy atom. The van der Waals surface area contributed by atoms with Crippen LogP contribution in [0.4, 0.5) is 20.6 Å². The predicted octanol–water partition coefficient (Wildman–Crippen LogP) is 2.97. The van der Waals surface area contributed by atoms with E-state index in [1.54, 1.807) is 6.07 Å². The summed E-state index contributed by atoms with van der Waals surface area (Å²) in [5.74, 6) is -0.357. The number of nitrogens with two attached hydrogens (primary N) is 1. The van der Waals surface area contributed by atoms with Crippen LogP contribution >= 0.6 is 12.2 Å². The van der Waals surface area contributed by atoms with E-state index in [0.717, 1.165) is 31.6 Å². The normalized spacial score (nSPS) is 15.6. The Kier molecular flexibility index (Phi) is 6.05. The Hall–Kier alpha value is -2.09. The zero-order valence-corrected chi connectivity index (χ0v) is 15.6. The first-order valence-electron chi connectivity index (χ1n) is 8.24. The minimum Gasteiger partial charge on any atom is -0.444 e. The molecule has 0 radical (unpaired) electrons. The van der Waals surface area contributed by atoms with Crippen LogP contribution in [0.1, 0.15) is 33.6 Å². The summed E-state index contributed by atoms with van der Waals surface area (Å²) in [6.45, 7) is 6.94. The summed E-state index contributed by atoms with van der Waals surface area (Å²) < 4.78 is 18.8. The number of carbonyl (C=O) groups excluding carboxylic acids is 1. The minimum atomic E-state index is -0.514. The fraction of sp³-hybridized carbons (Fsp3) is 0.529. The van der Waals surface area contributed by atoms with Crippen LogP contribution in [-0.4, -0.2) is 35.9 Å². The van der Waals surface area contributed by atoms with Crippen molar-refractivity contribution in [2.45, 2.75) is 45.3 Å². The van der Waals surface area contributed by atoms with Gasteiger partial charge in [-0.05, 0) is 64.0 Å². The summed E-state index contributed by atoms with van der Waals surface area (Å²) in [6.07, 6.45) is 1.13. The molecule has 2 rings (SSSR count). The van der Waals surface area contributed by atoms with Crippen molar-refractivity contribution >= 4 is 34.8 Å². The van der Waals surface area contributed by atoms with E-state index in [1.807, 2.05) is 20.8 Å². The average Bonchev–Trinajstić information content (AvgIpc) is 2.46. The van der Waals surface area contributed by atoms with Gasteiger partial charge in [-0.15, -0.1) is 0 Å². The van der Waals surface area contributed by atoms with Gasteiger partial charge in [0.15, 0.2) is 5.11 Å². The molecular formula is C17H25FN4O2S. The number of alkyl carbamates (subject to hydrolysis) is 1. The largest absolute Gasteiger partial charge is 0.444 e. The monoisotopic (exact) mass is 368 g/mol. The van der Waals surface area contributed by atoms with Gasteiger partial charge in [-0.25, -0.2) is 9.18 Å². The lowest BCUT2D eigenvalue weighted by atomic mass is 10.0. The molecule has 4 N–H and O–H groups in total. The topological polar surface area (TPSA) is 79.6 Å². The SMILES string of the molecule is CC(C)(C)OC(=O)NC1CCN(c2ccc(F)cc2NC(N)=S)CC1. The van der Waals surface area contributed by atoms with Gasteiger partial charge < -0.3 is 26.0 Å². The van der Waals surface area contributed by atoms with Crippen molar-refractivity contribution in [2.75, 3.05) is 23.3 Å². The van der Waals surface area contributed by atoms with Crippen LogP contribution in [-0.2, 0) is 4.74 Å². The van der Waals surface area contributed by atoms with Gasteiger partial charge in [-0.3, -0.25) is 0 Å². The van der Waals surface area contributed by atoms with Gasteiger partial charge in [-0.2, -0.15) is 0 Å². The number of ether oxygens (including phenoxy) is 1. The number of hydrogen-bond acceptors (Lipinski definition) is 4. The molecule has 1 aromatic carbocycles. The summed E-state index contributed by atoms with van der Waals surface area (Å²) in [4.78, 5) is 14.0.